The molecule has 0 heterocycles. The van der Waals surface area contributed by atoms with Gasteiger partial charge in [0.2, 0.25) is 0 Å². The number of carbonyl (C=O) groups excluding carboxylic acids is 2. The lowest BCUT2D eigenvalue weighted by Gasteiger charge is -2.19. The first-order chi connectivity index (χ1) is 35.8. The van der Waals surface area contributed by atoms with Gasteiger partial charge in [-0.3, -0.25) is 18.6 Å². The van der Waals surface area contributed by atoms with Crippen molar-refractivity contribution >= 4 is 19.8 Å². The minimum atomic E-state index is -4.39. The van der Waals surface area contributed by atoms with E-state index in [0.29, 0.717) is 6.42 Å². The molecule has 73 heavy (non-hydrogen) atoms. The van der Waals surface area contributed by atoms with Crippen LogP contribution in [-0.4, -0.2) is 49.3 Å². The number of hydrogen-bond acceptors (Lipinski definition) is 8. The van der Waals surface area contributed by atoms with Gasteiger partial charge in [0.25, 0.3) is 0 Å². The van der Waals surface area contributed by atoms with E-state index in [0.717, 1.165) is 109 Å². The van der Waals surface area contributed by atoms with Crippen molar-refractivity contribution < 1.29 is 37.6 Å². The van der Waals surface area contributed by atoms with Gasteiger partial charge in [-0.2, -0.15) is 0 Å². The highest BCUT2D eigenvalue weighted by Gasteiger charge is 2.26. The molecule has 0 saturated heterocycles. The van der Waals surface area contributed by atoms with Crippen molar-refractivity contribution in [2.24, 2.45) is 5.73 Å². The molecule has 0 aromatic rings. The molecule has 418 valence electrons. The smallest absolute Gasteiger partial charge is 0.462 e. The molecule has 0 aromatic carbocycles. The Bertz CT molecular complexity index is 1560. The Labute approximate surface area is 448 Å². The molecule has 0 aliphatic heterocycles. The summed E-state index contributed by atoms with van der Waals surface area (Å²) in [6, 6.07) is 0. The van der Waals surface area contributed by atoms with Gasteiger partial charge in [-0.15, -0.1) is 0 Å². The number of ether oxygens (including phenoxy) is 2. The molecule has 0 aliphatic carbocycles. The number of phosphoric ester groups is 1. The van der Waals surface area contributed by atoms with Crippen LogP contribution in [-0.2, 0) is 32.7 Å². The first kappa shape index (κ1) is 69.7. The van der Waals surface area contributed by atoms with Crippen molar-refractivity contribution in [3.05, 3.63) is 109 Å². The highest BCUT2D eigenvalue weighted by molar-refractivity contribution is 7.47. The summed E-state index contributed by atoms with van der Waals surface area (Å²) in [5, 5.41) is 0. The number of esters is 2. The second-order valence-corrected chi connectivity index (χ2v) is 20.6. The molecule has 0 bridgehead atoms. The molecule has 0 rings (SSSR count). The number of rotatable bonds is 54. The van der Waals surface area contributed by atoms with Crippen molar-refractivity contribution in [2.45, 2.75) is 251 Å². The molecule has 2 unspecified atom stereocenters. The van der Waals surface area contributed by atoms with Crippen LogP contribution in [0.2, 0.25) is 0 Å². The largest absolute Gasteiger partial charge is 0.472 e. The van der Waals surface area contributed by atoms with Gasteiger partial charge in [0, 0.05) is 19.4 Å². The van der Waals surface area contributed by atoms with Gasteiger partial charge >= 0.3 is 19.8 Å². The van der Waals surface area contributed by atoms with E-state index in [9.17, 15) is 19.0 Å². The Balaban J connectivity index is 3.94. The van der Waals surface area contributed by atoms with E-state index >= 15 is 0 Å². The van der Waals surface area contributed by atoms with E-state index in [4.69, 9.17) is 24.3 Å². The summed E-state index contributed by atoms with van der Waals surface area (Å²) < 4.78 is 33.0. The Morgan fingerprint density at radius 2 is 0.753 bits per heavy atom. The first-order valence-electron chi connectivity index (χ1n) is 29.4. The van der Waals surface area contributed by atoms with Gasteiger partial charge < -0.3 is 20.1 Å². The van der Waals surface area contributed by atoms with Crippen molar-refractivity contribution in [1.82, 2.24) is 0 Å². The maximum absolute atomic E-state index is 12.7. The fourth-order valence-electron chi connectivity index (χ4n) is 7.82. The lowest BCUT2D eigenvalue weighted by Crippen LogP contribution is -2.29. The third-order valence-corrected chi connectivity index (χ3v) is 13.1. The van der Waals surface area contributed by atoms with Crippen LogP contribution in [0.25, 0.3) is 0 Å². The molecule has 0 saturated carbocycles. The quantitative estimate of drug-likeness (QED) is 0.0264. The van der Waals surface area contributed by atoms with Crippen LogP contribution in [0.3, 0.4) is 0 Å². The van der Waals surface area contributed by atoms with Crippen molar-refractivity contribution in [1.29, 1.82) is 0 Å². The van der Waals surface area contributed by atoms with E-state index in [1.165, 1.54) is 103 Å². The summed E-state index contributed by atoms with van der Waals surface area (Å²) in [6.07, 6.45) is 78.6. The predicted octanol–water partition coefficient (Wildman–Crippen LogP) is 18.6. The second-order valence-electron chi connectivity index (χ2n) is 19.1. The van der Waals surface area contributed by atoms with E-state index in [2.05, 4.69) is 123 Å². The molecule has 10 heteroatoms. The molecule has 0 aliphatic rings. The van der Waals surface area contributed by atoms with Crippen LogP contribution in [0.15, 0.2) is 109 Å². The van der Waals surface area contributed by atoms with Gasteiger partial charge in [0.1, 0.15) is 6.61 Å². The third kappa shape index (κ3) is 57.8. The van der Waals surface area contributed by atoms with Crippen LogP contribution < -0.4 is 5.73 Å². The van der Waals surface area contributed by atoms with Crippen LogP contribution in [0, 0.1) is 0 Å². The Hall–Kier alpha value is -3.33. The van der Waals surface area contributed by atoms with E-state index in [1.54, 1.807) is 0 Å². The Kier molecular flexibility index (Phi) is 55.3. The zero-order chi connectivity index (χ0) is 53.1. The fraction of sp³-hybridized carbons (Fsp3) is 0.683. The number of unbranched alkanes of at least 4 members (excludes halogenated alkanes) is 23. The maximum atomic E-state index is 12.7. The molecular weight excluding hydrogens is 930 g/mol. The SMILES string of the molecule is CC/C=C\C/C=C\C/C=C\C/C=C\C/C=C\C/C=C\C/C=C\C/C=C\CCCCCCCCCCCCCCC(=O)OC(COC(=O)CCCCCCC/C=C\CCCCCCCC)COP(=O)(O)OCCN. The average Bonchev–Trinajstić information content (AvgIpc) is 3.38. The summed E-state index contributed by atoms with van der Waals surface area (Å²) in [4.78, 5) is 35.1. The monoisotopic (exact) mass is 1040 g/mol. The molecule has 0 spiro atoms. The lowest BCUT2D eigenvalue weighted by atomic mass is 10.0. The second kappa shape index (κ2) is 57.9. The highest BCUT2D eigenvalue weighted by atomic mass is 31.2. The number of hydrogen-bond donors (Lipinski definition) is 2. The van der Waals surface area contributed by atoms with E-state index in [-0.39, 0.29) is 32.6 Å². The zero-order valence-electron chi connectivity index (χ0n) is 46.6. The minimum Gasteiger partial charge on any atom is -0.462 e. The third-order valence-electron chi connectivity index (χ3n) is 12.1. The van der Waals surface area contributed by atoms with Gasteiger partial charge in [-0.25, -0.2) is 4.57 Å². The van der Waals surface area contributed by atoms with E-state index < -0.39 is 32.5 Å². The molecule has 3 N–H and O–H groups in total. The first-order valence-corrected chi connectivity index (χ1v) is 30.9. The highest BCUT2D eigenvalue weighted by Crippen LogP contribution is 2.43. The summed E-state index contributed by atoms with van der Waals surface area (Å²) in [5.41, 5.74) is 5.38. The topological polar surface area (TPSA) is 134 Å². The summed E-state index contributed by atoms with van der Waals surface area (Å²) in [7, 11) is -4.39. The zero-order valence-corrected chi connectivity index (χ0v) is 47.5. The Morgan fingerprint density at radius 1 is 0.425 bits per heavy atom. The van der Waals surface area contributed by atoms with Gasteiger partial charge in [0.15, 0.2) is 6.10 Å². The molecule has 2 atom stereocenters. The molecule has 0 radical (unpaired) electrons. The summed E-state index contributed by atoms with van der Waals surface area (Å²) in [5.74, 6) is -0.841. The average molecular weight is 1040 g/mol. The van der Waals surface area contributed by atoms with Crippen LogP contribution in [0.4, 0.5) is 0 Å². The summed E-state index contributed by atoms with van der Waals surface area (Å²) >= 11 is 0. The number of phosphoric acid groups is 1. The fourth-order valence-corrected chi connectivity index (χ4v) is 8.59. The van der Waals surface area contributed by atoms with Crippen LogP contribution in [0.1, 0.15) is 245 Å². The minimum absolute atomic E-state index is 0.0482. The van der Waals surface area contributed by atoms with E-state index in [1.807, 2.05) is 0 Å². The Morgan fingerprint density at radius 3 is 1.14 bits per heavy atom. The van der Waals surface area contributed by atoms with Crippen LogP contribution >= 0.6 is 7.82 Å². The maximum Gasteiger partial charge on any atom is 0.472 e. The van der Waals surface area contributed by atoms with Gasteiger partial charge in [-0.05, 0) is 103 Å². The predicted molar refractivity (Wildman–Crippen MR) is 311 cm³/mol. The van der Waals surface area contributed by atoms with Crippen LogP contribution in [0.5, 0.6) is 0 Å². The van der Waals surface area contributed by atoms with Gasteiger partial charge in [-0.1, -0.05) is 239 Å². The number of allylic oxidation sites excluding steroid dienone is 18. The van der Waals surface area contributed by atoms with Crippen molar-refractivity contribution in [2.75, 3.05) is 26.4 Å². The van der Waals surface area contributed by atoms with Crippen molar-refractivity contribution in [3.8, 4) is 0 Å². The molecule has 0 fully saturated rings. The molecule has 9 nitrogen and oxygen atoms in total. The van der Waals surface area contributed by atoms with Crippen molar-refractivity contribution in [3.63, 3.8) is 0 Å². The summed E-state index contributed by atoms with van der Waals surface area (Å²) in [6.45, 7) is 3.61. The molecule has 0 aromatic heterocycles. The molecular formula is C63H108NO8P. The standard InChI is InChI=1S/C63H108NO8P/c1-3-5-7-9-11-13-15-17-19-20-21-22-23-24-25-26-27-28-29-30-31-32-33-34-35-36-37-38-39-40-42-44-46-48-50-52-54-56-63(66)72-61(60-71-73(67,68)70-58-57-64)59-69-62(65)55-53-51-49-47-45-43-41-18-16-14-12-10-8-6-4-2/h5,7,11,13,17-19,21-22,24-25,27-28,30-31,33-34,41,61H,3-4,6,8-10,12,14-16,20,23,26,29,32,35-40,42-60,64H2,1-2H3,(H,67,68)/b7-5-,13-11-,19-17-,22-21-,25-24-,28-27-,31-30-,34-33-,41-18-. The lowest BCUT2D eigenvalue weighted by molar-refractivity contribution is -0.161. The number of nitrogens with two attached hydrogens (primary N) is 1. The van der Waals surface area contributed by atoms with Gasteiger partial charge in [0.05, 0.1) is 13.2 Å². The molecule has 0 amide bonds. The normalized spacial score (nSPS) is 13.9. The number of carbonyl (C=O) groups is 2.